The molecule has 23 heavy (non-hydrogen) atoms. The van der Waals surface area contributed by atoms with Gasteiger partial charge in [0.15, 0.2) is 6.10 Å². The Morgan fingerprint density at radius 1 is 1.26 bits per heavy atom. The van der Waals surface area contributed by atoms with E-state index in [9.17, 15) is 4.79 Å². The molecule has 1 N–H and O–H groups in total. The molecule has 2 atom stereocenters. The van der Waals surface area contributed by atoms with E-state index in [4.69, 9.17) is 9.47 Å². The standard InChI is InChI=1S/C18H28N2O3/c1-14-4-6-17(7-5-14)23-16(3)18(21)19-12-15(2)13-20-8-10-22-11-9-20/h4-7,15-16H,8-13H2,1-3H3,(H,19,21). The molecule has 5 nitrogen and oxygen atoms in total. The van der Waals surface area contributed by atoms with E-state index in [0.29, 0.717) is 12.5 Å². The van der Waals surface area contributed by atoms with Gasteiger partial charge in [0.05, 0.1) is 13.2 Å². The summed E-state index contributed by atoms with van der Waals surface area (Å²) >= 11 is 0. The van der Waals surface area contributed by atoms with Crippen molar-refractivity contribution in [2.24, 2.45) is 5.92 Å². The average Bonchev–Trinajstić information content (AvgIpc) is 2.55. The molecule has 1 amide bonds. The molecular weight excluding hydrogens is 292 g/mol. The third-order valence-corrected chi connectivity index (χ3v) is 4.00. The smallest absolute Gasteiger partial charge is 0.260 e. The summed E-state index contributed by atoms with van der Waals surface area (Å²) in [6, 6.07) is 7.73. The predicted octanol–water partition coefficient (Wildman–Crippen LogP) is 1.85. The number of morpholine rings is 1. The molecule has 128 valence electrons. The highest BCUT2D eigenvalue weighted by Gasteiger charge is 2.17. The number of nitrogens with zero attached hydrogens (tertiary/aromatic N) is 1. The highest BCUT2D eigenvalue weighted by atomic mass is 16.5. The molecule has 5 heteroatoms. The second-order valence-electron chi connectivity index (χ2n) is 6.34. The van der Waals surface area contributed by atoms with Crippen LogP contribution in [0.5, 0.6) is 5.75 Å². The number of carbonyl (C=O) groups excluding carboxylic acids is 1. The van der Waals surface area contributed by atoms with Gasteiger partial charge in [-0.15, -0.1) is 0 Å². The first-order valence-electron chi connectivity index (χ1n) is 8.35. The number of aryl methyl sites for hydroxylation is 1. The van der Waals surface area contributed by atoms with E-state index >= 15 is 0 Å². The Morgan fingerprint density at radius 2 is 1.91 bits per heavy atom. The van der Waals surface area contributed by atoms with Crippen molar-refractivity contribution in [3.05, 3.63) is 29.8 Å². The SMILES string of the molecule is Cc1ccc(OC(C)C(=O)NCC(C)CN2CCOCC2)cc1. The molecule has 1 saturated heterocycles. The lowest BCUT2D eigenvalue weighted by atomic mass is 10.1. The molecule has 2 rings (SSSR count). The van der Waals surface area contributed by atoms with Crippen LogP contribution in [0.3, 0.4) is 0 Å². The Labute approximate surface area is 139 Å². The van der Waals surface area contributed by atoms with Gasteiger partial charge in [-0.3, -0.25) is 9.69 Å². The minimum absolute atomic E-state index is 0.0700. The lowest BCUT2D eigenvalue weighted by Crippen LogP contribution is -2.43. The summed E-state index contributed by atoms with van der Waals surface area (Å²) in [5.74, 6) is 1.06. The lowest BCUT2D eigenvalue weighted by molar-refractivity contribution is -0.127. The molecule has 1 aromatic carbocycles. The molecular formula is C18H28N2O3. The minimum atomic E-state index is -0.492. The van der Waals surface area contributed by atoms with Crippen molar-refractivity contribution in [3.8, 4) is 5.75 Å². The van der Waals surface area contributed by atoms with Gasteiger partial charge in [0, 0.05) is 26.2 Å². The second-order valence-corrected chi connectivity index (χ2v) is 6.34. The van der Waals surface area contributed by atoms with Crippen molar-refractivity contribution in [1.82, 2.24) is 10.2 Å². The Bertz CT molecular complexity index is 484. The van der Waals surface area contributed by atoms with Crippen LogP contribution in [0.1, 0.15) is 19.4 Å². The zero-order valence-corrected chi connectivity index (χ0v) is 14.4. The van der Waals surface area contributed by atoms with Gasteiger partial charge in [0.2, 0.25) is 0 Å². The minimum Gasteiger partial charge on any atom is -0.481 e. The summed E-state index contributed by atoms with van der Waals surface area (Å²) in [7, 11) is 0. The van der Waals surface area contributed by atoms with Gasteiger partial charge >= 0.3 is 0 Å². The second kappa shape index (κ2) is 8.89. The first-order valence-corrected chi connectivity index (χ1v) is 8.35. The molecule has 1 aromatic rings. The van der Waals surface area contributed by atoms with E-state index in [0.717, 1.165) is 38.6 Å². The molecule has 0 spiro atoms. The number of hydrogen-bond donors (Lipinski definition) is 1. The van der Waals surface area contributed by atoms with Gasteiger partial charge in [-0.2, -0.15) is 0 Å². The third kappa shape index (κ3) is 6.20. The van der Waals surface area contributed by atoms with Crippen molar-refractivity contribution in [1.29, 1.82) is 0 Å². The van der Waals surface area contributed by atoms with Gasteiger partial charge < -0.3 is 14.8 Å². The van der Waals surface area contributed by atoms with Crippen molar-refractivity contribution in [2.45, 2.75) is 26.9 Å². The molecule has 1 aliphatic heterocycles. The fraction of sp³-hybridized carbons (Fsp3) is 0.611. The van der Waals surface area contributed by atoms with E-state index in [2.05, 4.69) is 17.1 Å². The van der Waals surface area contributed by atoms with Gasteiger partial charge in [0.25, 0.3) is 5.91 Å². The summed E-state index contributed by atoms with van der Waals surface area (Å²) in [5.41, 5.74) is 1.17. The zero-order chi connectivity index (χ0) is 16.7. The fourth-order valence-electron chi connectivity index (χ4n) is 2.58. The van der Waals surface area contributed by atoms with Crippen molar-refractivity contribution in [3.63, 3.8) is 0 Å². The average molecular weight is 320 g/mol. The van der Waals surface area contributed by atoms with Gasteiger partial charge in [-0.1, -0.05) is 24.6 Å². The molecule has 0 radical (unpaired) electrons. The Kier molecular flexibility index (Phi) is 6.86. The molecule has 2 unspecified atom stereocenters. The van der Waals surface area contributed by atoms with Crippen LogP contribution in [0.25, 0.3) is 0 Å². The van der Waals surface area contributed by atoms with Crippen LogP contribution in [0.15, 0.2) is 24.3 Å². The largest absolute Gasteiger partial charge is 0.481 e. The van der Waals surface area contributed by atoms with E-state index in [1.807, 2.05) is 31.2 Å². The Balaban J connectivity index is 1.69. The normalized spacial score (nSPS) is 18.2. The van der Waals surface area contributed by atoms with Crippen LogP contribution in [0, 0.1) is 12.8 Å². The monoisotopic (exact) mass is 320 g/mol. The number of rotatable bonds is 7. The molecule has 0 aliphatic carbocycles. The van der Waals surface area contributed by atoms with Gasteiger partial charge in [-0.25, -0.2) is 0 Å². The molecule has 1 aliphatic rings. The van der Waals surface area contributed by atoms with E-state index < -0.39 is 6.10 Å². The lowest BCUT2D eigenvalue weighted by Gasteiger charge is -2.29. The van der Waals surface area contributed by atoms with E-state index in [-0.39, 0.29) is 5.91 Å². The maximum absolute atomic E-state index is 12.1. The fourth-order valence-corrected chi connectivity index (χ4v) is 2.58. The number of hydrogen-bond acceptors (Lipinski definition) is 4. The highest BCUT2D eigenvalue weighted by Crippen LogP contribution is 2.13. The Hall–Kier alpha value is -1.59. The molecule has 0 aromatic heterocycles. The van der Waals surface area contributed by atoms with Gasteiger partial charge in [-0.05, 0) is 31.9 Å². The summed E-state index contributed by atoms with van der Waals surface area (Å²) in [5, 5.41) is 2.98. The molecule has 1 fully saturated rings. The molecule has 0 saturated carbocycles. The van der Waals surface area contributed by atoms with Crippen LogP contribution in [-0.4, -0.2) is 56.3 Å². The van der Waals surface area contributed by atoms with Crippen molar-refractivity contribution in [2.75, 3.05) is 39.4 Å². The number of benzene rings is 1. The summed E-state index contributed by atoms with van der Waals surface area (Å²) in [6.45, 7) is 11.2. The Morgan fingerprint density at radius 3 is 2.57 bits per heavy atom. The van der Waals surface area contributed by atoms with Crippen LogP contribution in [-0.2, 0) is 9.53 Å². The molecule has 0 bridgehead atoms. The molecule has 1 heterocycles. The third-order valence-electron chi connectivity index (χ3n) is 4.00. The number of nitrogens with one attached hydrogen (secondary N) is 1. The maximum atomic E-state index is 12.1. The first-order chi connectivity index (χ1) is 11.0. The van der Waals surface area contributed by atoms with E-state index in [1.54, 1.807) is 6.92 Å². The quantitative estimate of drug-likeness (QED) is 0.833. The number of carbonyl (C=O) groups is 1. The number of ether oxygens (including phenoxy) is 2. The first kappa shape index (κ1) is 17.8. The van der Waals surface area contributed by atoms with Crippen LogP contribution < -0.4 is 10.1 Å². The highest BCUT2D eigenvalue weighted by molar-refractivity contribution is 5.80. The predicted molar refractivity (Wildman–Crippen MR) is 90.7 cm³/mol. The van der Waals surface area contributed by atoms with Gasteiger partial charge in [0.1, 0.15) is 5.75 Å². The van der Waals surface area contributed by atoms with Crippen LogP contribution in [0.4, 0.5) is 0 Å². The van der Waals surface area contributed by atoms with Crippen molar-refractivity contribution < 1.29 is 14.3 Å². The van der Waals surface area contributed by atoms with Crippen molar-refractivity contribution >= 4 is 5.91 Å². The summed E-state index contributed by atoms with van der Waals surface area (Å²) in [6.07, 6.45) is -0.492. The summed E-state index contributed by atoms with van der Waals surface area (Å²) in [4.78, 5) is 14.5. The zero-order valence-electron chi connectivity index (χ0n) is 14.4. The topological polar surface area (TPSA) is 50.8 Å². The number of amides is 1. The van der Waals surface area contributed by atoms with Crippen LogP contribution >= 0.6 is 0 Å². The maximum Gasteiger partial charge on any atom is 0.260 e. The summed E-state index contributed by atoms with van der Waals surface area (Å²) < 4.78 is 11.0. The van der Waals surface area contributed by atoms with E-state index in [1.165, 1.54) is 5.56 Å². The van der Waals surface area contributed by atoms with Crippen LogP contribution in [0.2, 0.25) is 0 Å².